The highest BCUT2D eigenvalue weighted by atomic mass is 16.5. The van der Waals surface area contributed by atoms with Gasteiger partial charge in [-0.1, -0.05) is 24.3 Å². The Labute approximate surface area is 122 Å². The van der Waals surface area contributed by atoms with E-state index in [-0.39, 0.29) is 0 Å². The molecule has 0 bridgehead atoms. The van der Waals surface area contributed by atoms with E-state index < -0.39 is 5.97 Å². The van der Waals surface area contributed by atoms with Crippen LogP contribution in [0.15, 0.2) is 60.8 Å². The Kier molecular flexibility index (Phi) is 3.60. The van der Waals surface area contributed by atoms with Crippen LogP contribution >= 0.6 is 0 Å². The number of fused-ring (bicyclic) bond motifs is 1. The van der Waals surface area contributed by atoms with Crippen LogP contribution in [0.5, 0.6) is 5.75 Å². The number of carbonyl (C=O) groups is 1. The fourth-order valence-corrected chi connectivity index (χ4v) is 2.29. The molecule has 3 rings (SSSR count). The topological polar surface area (TPSA) is 51.5 Å². The van der Waals surface area contributed by atoms with Gasteiger partial charge < -0.3 is 14.4 Å². The van der Waals surface area contributed by atoms with E-state index in [4.69, 9.17) is 9.84 Å². The smallest absolute Gasteiger partial charge is 0.335 e. The summed E-state index contributed by atoms with van der Waals surface area (Å²) in [5, 5.41) is 10.1. The average Bonchev–Trinajstić information content (AvgIpc) is 2.91. The van der Waals surface area contributed by atoms with Crippen molar-refractivity contribution < 1.29 is 14.6 Å². The first kappa shape index (κ1) is 13.2. The third kappa shape index (κ3) is 2.89. The highest BCUT2D eigenvalue weighted by Gasteiger charge is 2.07. The lowest BCUT2D eigenvalue weighted by atomic mass is 10.2. The Morgan fingerprint density at radius 2 is 1.90 bits per heavy atom. The van der Waals surface area contributed by atoms with E-state index in [1.165, 1.54) is 0 Å². The molecular formula is C17H15NO3. The maximum Gasteiger partial charge on any atom is 0.335 e. The molecule has 0 aliphatic rings. The Morgan fingerprint density at radius 3 is 2.67 bits per heavy atom. The number of rotatable bonds is 5. The molecule has 0 aliphatic heterocycles. The molecule has 0 atom stereocenters. The van der Waals surface area contributed by atoms with E-state index in [1.54, 1.807) is 12.1 Å². The Balaban J connectivity index is 1.74. The molecule has 1 heterocycles. The van der Waals surface area contributed by atoms with Gasteiger partial charge in [-0.3, -0.25) is 0 Å². The van der Waals surface area contributed by atoms with E-state index in [0.29, 0.717) is 18.7 Å². The zero-order chi connectivity index (χ0) is 14.7. The SMILES string of the molecule is O=C(O)c1ccc2ccn(CCOc3ccccc3)c2c1. The minimum Gasteiger partial charge on any atom is -0.492 e. The first-order valence-corrected chi connectivity index (χ1v) is 6.74. The summed E-state index contributed by atoms with van der Waals surface area (Å²) in [6, 6.07) is 16.7. The van der Waals surface area contributed by atoms with E-state index in [0.717, 1.165) is 16.7 Å². The van der Waals surface area contributed by atoms with Gasteiger partial charge in [0.2, 0.25) is 0 Å². The summed E-state index contributed by atoms with van der Waals surface area (Å²) < 4.78 is 7.67. The van der Waals surface area contributed by atoms with Crippen LogP contribution in [0.25, 0.3) is 10.9 Å². The van der Waals surface area contributed by atoms with Gasteiger partial charge in [-0.05, 0) is 35.7 Å². The molecule has 1 aromatic heterocycles. The molecule has 0 radical (unpaired) electrons. The number of carboxylic acids is 1. The molecule has 1 N–H and O–H groups in total. The monoisotopic (exact) mass is 281 g/mol. The number of aromatic nitrogens is 1. The summed E-state index contributed by atoms with van der Waals surface area (Å²) in [5.41, 5.74) is 1.21. The minimum absolute atomic E-state index is 0.298. The van der Waals surface area contributed by atoms with Crippen molar-refractivity contribution in [3.63, 3.8) is 0 Å². The predicted octanol–water partition coefficient (Wildman–Crippen LogP) is 3.42. The number of benzene rings is 2. The zero-order valence-corrected chi connectivity index (χ0v) is 11.4. The molecule has 0 amide bonds. The van der Waals surface area contributed by atoms with Crippen molar-refractivity contribution in [2.75, 3.05) is 6.61 Å². The zero-order valence-electron chi connectivity index (χ0n) is 11.4. The van der Waals surface area contributed by atoms with E-state index >= 15 is 0 Å². The number of aromatic carboxylic acids is 1. The number of carboxylic acid groups (broad SMARTS) is 1. The maximum absolute atomic E-state index is 11.0. The Morgan fingerprint density at radius 1 is 1.10 bits per heavy atom. The molecular weight excluding hydrogens is 266 g/mol. The molecule has 0 fully saturated rings. The first-order valence-electron chi connectivity index (χ1n) is 6.74. The number of hydrogen-bond acceptors (Lipinski definition) is 2. The fourth-order valence-electron chi connectivity index (χ4n) is 2.29. The number of hydrogen-bond donors (Lipinski definition) is 1. The highest BCUT2D eigenvalue weighted by Crippen LogP contribution is 2.18. The van der Waals surface area contributed by atoms with Gasteiger partial charge in [0.05, 0.1) is 12.1 Å². The third-order valence-corrected chi connectivity index (χ3v) is 3.36. The minimum atomic E-state index is -0.912. The first-order chi connectivity index (χ1) is 10.2. The molecule has 106 valence electrons. The van der Waals surface area contributed by atoms with Crippen LogP contribution < -0.4 is 4.74 Å². The lowest BCUT2D eigenvalue weighted by molar-refractivity contribution is 0.0697. The van der Waals surface area contributed by atoms with Crippen molar-refractivity contribution in [2.45, 2.75) is 6.54 Å². The van der Waals surface area contributed by atoms with Crippen molar-refractivity contribution in [3.05, 3.63) is 66.4 Å². The van der Waals surface area contributed by atoms with Gasteiger partial charge in [0, 0.05) is 11.7 Å². The van der Waals surface area contributed by atoms with Crippen molar-refractivity contribution in [1.82, 2.24) is 4.57 Å². The van der Waals surface area contributed by atoms with Gasteiger partial charge in [0.1, 0.15) is 12.4 Å². The Hall–Kier alpha value is -2.75. The second-order valence-electron chi connectivity index (χ2n) is 4.75. The molecule has 3 aromatic rings. The summed E-state index contributed by atoms with van der Waals surface area (Å²) in [6.07, 6.45) is 1.95. The van der Waals surface area contributed by atoms with E-state index in [1.807, 2.05) is 53.2 Å². The van der Waals surface area contributed by atoms with Crippen molar-refractivity contribution in [2.24, 2.45) is 0 Å². The fraction of sp³-hybridized carbons (Fsp3) is 0.118. The van der Waals surface area contributed by atoms with Crippen LogP contribution in [-0.2, 0) is 6.54 Å². The number of nitrogens with zero attached hydrogens (tertiary/aromatic N) is 1. The lowest BCUT2D eigenvalue weighted by Crippen LogP contribution is -2.07. The summed E-state index contributed by atoms with van der Waals surface area (Å²) in [7, 11) is 0. The molecule has 2 aromatic carbocycles. The van der Waals surface area contributed by atoms with Gasteiger partial charge in [-0.15, -0.1) is 0 Å². The standard InChI is InChI=1S/C17H15NO3/c19-17(20)14-7-6-13-8-9-18(16(13)12-14)10-11-21-15-4-2-1-3-5-15/h1-9,12H,10-11H2,(H,19,20). The molecule has 0 unspecified atom stereocenters. The lowest BCUT2D eigenvalue weighted by Gasteiger charge is -2.08. The number of para-hydroxylation sites is 1. The quantitative estimate of drug-likeness (QED) is 0.779. The maximum atomic E-state index is 11.0. The second-order valence-corrected chi connectivity index (χ2v) is 4.75. The predicted molar refractivity (Wildman–Crippen MR) is 80.8 cm³/mol. The molecule has 0 aliphatic carbocycles. The third-order valence-electron chi connectivity index (χ3n) is 3.36. The van der Waals surface area contributed by atoms with Crippen LogP contribution in [0.2, 0.25) is 0 Å². The summed E-state index contributed by atoms with van der Waals surface area (Å²) in [6.45, 7) is 1.20. The average molecular weight is 281 g/mol. The Bertz CT molecular complexity index is 762. The number of ether oxygens (including phenoxy) is 1. The van der Waals surface area contributed by atoms with Crippen LogP contribution in [0.1, 0.15) is 10.4 Å². The normalized spacial score (nSPS) is 10.7. The van der Waals surface area contributed by atoms with Crippen LogP contribution in [0.3, 0.4) is 0 Å². The van der Waals surface area contributed by atoms with Gasteiger partial charge in [-0.2, -0.15) is 0 Å². The van der Waals surface area contributed by atoms with Crippen molar-refractivity contribution >= 4 is 16.9 Å². The van der Waals surface area contributed by atoms with Gasteiger partial charge in [0.15, 0.2) is 0 Å². The largest absolute Gasteiger partial charge is 0.492 e. The van der Waals surface area contributed by atoms with E-state index in [2.05, 4.69) is 0 Å². The molecule has 0 spiro atoms. The molecule has 0 saturated carbocycles. The second kappa shape index (κ2) is 5.71. The van der Waals surface area contributed by atoms with Crippen molar-refractivity contribution in [1.29, 1.82) is 0 Å². The molecule has 21 heavy (non-hydrogen) atoms. The van der Waals surface area contributed by atoms with Crippen LogP contribution in [0, 0.1) is 0 Å². The van der Waals surface area contributed by atoms with E-state index in [9.17, 15) is 4.79 Å². The van der Waals surface area contributed by atoms with Gasteiger partial charge in [-0.25, -0.2) is 4.79 Å². The summed E-state index contributed by atoms with van der Waals surface area (Å²) in [5.74, 6) is -0.0784. The molecule has 4 nitrogen and oxygen atoms in total. The summed E-state index contributed by atoms with van der Waals surface area (Å²) >= 11 is 0. The van der Waals surface area contributed by atoms with Crippen LogP contribution in [-0.4, -0.2) is 22.2 Å². The highest BCUT2D eigenvalue weighted by molar-refractivity contribution is 5.93. The molecule has 4 heteroatoms. The summed E-state index contributed by atoms with van der Waals surface area (Å²) in [4.78, 5) is 11.0. The van der Waals surface area contributed by atoms with Crippen molar-refractivity contribution in [3.8, 4) is 5.75 Å². The van der Waals surface area contributed by atoms with Crippen LogP contribution in [0.4, 0.5) is 0 Å². The molecule has 0 saturated heterocycles. The van der Waals surface area contributed by atoms with Gasteiger partial charge >= 0.3 is 5.97 Å². The van der Waals surface area contributed by atoms with Gasteiger partial charge in [0.25, 0.3) is 0 Å².